The fraction of sp³-hybridized carbons (Fsp3) is 0.867. The SMILES string of the molecule is CCCNC(=O)N1CCCN2CCN(CCOC)C(=O)C2C1. The van der Waals surface area contributed by atoms with Crippen LogP contribution in [0.5, 0.6) is 0 Å². The van der Waals surface area contributed by atoms with E-state index in [2.05, 4.69) is 10.2 Å². The molecule has 0 aliphatic carbocycles. The number of piperazine rings is 1. The van der Waals surface area contributed by atoms with Crippen molar-refractivity contribution >= 4 is 11.9 Å². The first-order valence-electron chi connectivity index (χ1n) is 8.22. The Balaban J connectivity index is 1.99. The number of urea groups is 1. The van der Waals surface area contributed by atoms with Gasteiger partial charge in [0.15, 0.2) is 0 Å². The van der Waals surface area contributed by atoms with Crippen molar-refractivity contribution in [1.29, 1.82) is 0 Å². The smallest absolute Gasteiger partial charge is 0.317 e. The van der Waals surface area contributed by atoms with Gasteiger partial charge in [-0.05, 0) is 12.8 Å². The lowest BCUT2D eigenvalue weighted by Crippen LogP contribution is -2.60. The summed E-state index contributed by atoms with van der Waals surface area (Å²) >= 11 is 0. The van der Waals surface area contributed by atoms with Crippen LogP contribution >= 0.6 is 0 Å². The molecule has 0 aromatic carbocycles. The summed E-state index contributed by atoms with van der Waals surface area (Å²) < 4.78 is 5.08. The molecular formula is C15H28N4O3. The van der Waals surface area contributed by atoms with Crippen LogP contribution in [0.25, 0.3) is 0 Å². The van der Waals surface area contributed by atoms with Crippen molar-refractivity contribution in [1.82, 2.24) is 20.0 Å². The molecule has 7 heteroatoms. The molecule has 1 atom stereocenters. The van der Waals surface area contributed by atoms with E-state index in [1.807, 2.05) is 11.8 Å². The van der Waals surface area contributed by atoms with Crippen LogP contribution in [-0.4, -0.2) is 92.2 Å². The highest BCUT2D eigenvalue weighted by Gasteiger charge is 2.37. The monoisotopic (exact) mass is 312 g/mol. The maximum Gasteiger partial charge on any atom is 0.317 e. The molecule has 2 aliphatic rings. The van der Waals surface area contributed by atoms with Crippen molar-refractivity contribution in [2.24, 2.45) is 0 Å². The first kappa shape index (κ1) is 17.0. The standard InChI is InChI=1S/C15H28N4O3/c1-3-5-16-15(21)19-7-4-6-17-8-9-18(10-11-22-2)14(20)13(17)12-19/h13H,3-12H2,1-2H3,(H,16,21). The predicted octanol–water partition coefficient (Wildman–Crippen LogP) is -0.0291. The van der Waals surface area contributed by atoms with Gasteiger partial charge >= 0.3 is 6.03 Å². The minimum Gasteiger partial charge on any atom is -0.383 e. The zero-order valence-corrected chi connectivity index (χ0v) is 13.7. The van der Waals surface area contributed by atoms with Crippen LogP contribution in [0.4, 0.5) is 4.79 Å². The number of methoxy groups -OCH3 is 1. The summed E-state index contributed by atoms with van der Waals surface area (Å²) in [6, 6.07) is -0.258. The van der Waals surface area contributed by atoms with Gasteiger partial charge < -0.3 is 19.9 Å². The topological polar surface area (TPSA) is 65.1 Å². The van der Waals surface area contributed by atoms with Crippen LogP contribution < -0.4 is 5.32 Å². The van der Waals surface area contributed by atoms with Gasteiger partial charge in [0, 0.05) is 52.9 Å². The van der Waals surface area contributed by atoms with E-state index in [0.717, 1.165) is 32.5 Å². The summed E-state index contributed by atoms with van der Waals surface area (Å²) in [6.45, 7) is 7.60. The van der Waals surface area contributed by atoms with Crippen LogP contribution in [0.3, 0.4) is 0 Å². The third-order valence-corrected chi connectivity index (χ3v) is 4.34. The highest BCUT2D eigenvalue weighted by atomic mass is 16.5. The Bertz CT molecular complexity index is 391. The average molecular weight is 312 g/mol. The summed E-state index contributed by atoms with van der Waals surface area (Å²) in [7, 11) is 1.65. The molecule has 1 unspecified atom stereocenters. The molecule has 0 saturated carbocycles. The van der Waals surface area contributed by atoms with Crippen LogP contribution in [0.15, 0.2) is 0 Å². The average Bonchev–Trinajstić information content (AvgIpc) is 2.75. The largest absolute Gasteiger partial charge is 0.383 e. The van der Waals surface area contributed by atoms with E-state index < -0.39 is 0 Å². The Morgan fingerprint density at radius 1 is 1.32 bits per heavy atom. The second kappa shape index (κ2) is 8.33. The van der Waals surface area contributed by atoms with E-state index in [1.54, 1.807) is 12.0 Å². The Morgan fingerprint density at radius 3 is 2.86 bits per heavy atom. The maximum absolute atomic E-state index is 12.7. The lowest BCUT2D eigenvalue weighted by molar-refractivity contribution is -0.142. The Morgan fingerprint density at radius 2 is 2.14 bits per heavy atom. The summed E-state index contributed by atoms with van der Waals surface area (Å²) in [6.07, 6.45) is 1.83. The highest BCUT2D eigenvalue weighted by molar-refractivity contribution is 5.84. The molecule has 2 saturated heterocycles. The first-order valence-corrected chi connectivity index (χ1v) is 8.22. The molecule has 0 bridgehead atoms. The number of carbonyl (C=O) groups excluding carboxylic acids is 2. The molecule has 7 nitrogen and oxygen atoms in total. The van der Waals surface area contributed by atoms with Gasteiger partial charge in [-0.25, -0.2) is 4.79 Å². The number of carbonyl (C=O) groups is 2. The summed E-state index contributed by atoms with van der Waals surface area (Å²) in [5.74, 6) is 0.124. The lowest BCUT2D eigenvalue weighted by Gasteiger charge is -2.40. The molecule has 3 amide bonds. The molecule has 126 valence electrons. The number of hydrogen-bond donors (Lipinski definition) is 1. The number of nitrogens with zero attached hydrogens (tertiary/aromatic N) is 3. The van der Waals surface area contributed by atoms with E-state index in [-0.39, 0.29) is 18.0 Å². The highest BCUT2D eigenvalue weighted by Crippen LogP contribution is 2.17. The third kappa shape index (κ3) is 4.10. The molecule has 2 fully saturated rings. The fourth-order valence-corrected chi connectivity index (χ4v) is 3.06. The predicted molar refractivity (Wildman–Crippen MR) is 83.7 cm³/mol. The second-order valence-corrected chi connectivity index (χ2v) is 5.90. The molecule has 2 aliphatic heterocycles. The quantitative estimate of drug-likeness (QED) is 0.774. The second-order valence-electron chi connectivity index (χ2n) is 5.90. The van der Waals surface area contributed by atoms with Gasteiger partial charge in [-0.2, -0.15) is 0 Å². The molecule has 2 heterocycles. The maximum atomic E-state index is 12.7. The van der Waals surface area contributed by atoms with Gasteiger partial charge in [0.1, 0.15) is 6.04 Å². The van der Waals surface area contributed by atoms with Crippen molar-refractivity contribution in [3.05, 3.63) is 0 Å². The van der Waals surface area contributed by atoms with E-state index in [4.69, 9.17) is 4.74 Å². The Labute approximate surface area is 132 Å². The van der Waals surface area contributed by atoms with Crippen molar-refractivity contribution in [3.63, 3.8) is 0 Å². The summed E-state index contributed by atoms with van der Waals surface area (Å²) in [5, 5.41) is 2.91. The van der Waals surface area contributed by atoms with E-state index >= 15 is 0 Å². The normalized spacial score (nSPS) is 23.2. The number of fused-ring (bicyclic) bond motifs is 1. The Kier molecular flexibility index (Phi) is 6.45. The molecule has 0 aromatic rings. The van der Waals surface area contributed by atoms with Gasteiger partial charge in [-0.3, -0.25) is 9.69 Å². The van der Waals surface area contributed by atoms with Gasteiger partial charge in [-0.15, -0.1) is 0 Å². The molecule has 1 N–H and O–H groups in total. The molecular weight excluding hydrogens is 284 g/mol. The van der Waals surface area contributed by atoms with Gasteiger partial charge in [0.2, 0.25) is 5.91 Å². The number of nitrogens with one attached hydrogen (secondary N) is 1. The number of rotatable bonds is 5. The zero-order valence-electron chi connectivity index (χ0n) is 13.7. The van der Waals surface area contributed by atoms with Crippen molar-refractivity contribution in [2.75, 3.05) is 59.5 Å². The summed E-state index contributed by atoms with van der Waals surface area (Å²) in [5.41, 5.74) is 0. The molecule has 22 heavy (non-hydrogen) atoms. The number of hydrogen-bond acceptors (Lipinski definition) is 4. The van der Waals surface area contributed by atoms with Crippen LogP contribution in [0.2, 0.25) is 0 Å². The van der Waals surface area contributed by atoms with Crippen LogP contribution in [-0.2, 0) is 9.53 Å². The number of amides is 3. The molecule has 0 radical (unpaired) electrons. The van der Waals surface area contributed by atoms with E-state index in [9.17, 15) is 9.59 Å². The summed E-state index contributed by atoms with van der Waals surface area (Å²) in [4.78, 5) is 30.7. The fourth-order valence-electron chi connectivity index (χ4n) is 3.06. The van der Waals surface area contributed by atoms with Crippen LogP contribution in [0, 0.1) is 0 Å². The first-order chi connectivity index (χ1) is 10.7. The minimum atomic E-state index is -0.208. The molecule has 0 spiro atoms. The van der Waals surface area contributed by atoms with Crippen molar-refractivity contribution < 1.29 is 14.3 Å². The van der Waals surface area contributed by atoms with Gasteiger partial charge in [0.25, 0.3) is 0 Å². The Hall–Kier alpha value is -1.34. The lowest BCUT2D eigenvalue weighted by atomic mass is 10.1. The van der Waals surface area contributed by atoms with Crippen LogP contribution in [0.1, 0.15) is 19.8 Å². The van der Waals surface area contributed by atoms with Gasteiger partial charge in [-0.1, -0.05) is 6.92 Å². The zero-order chi connectivity index (χ0) is 15.9. The minimum absolute atomic E-state index is 0.0504. The number of ether oxygens (including phenoxy) is 1. The van der Waals surface area contributed by atoms with Gasteiger partial charge in [0.05, 0.1) is 6.61 Å². The van der Waals surface area contributed by atoms with E-state index in [1.165, 1.54) is 0 Å². The van der Waals surface area contributed by atoms with E-state index in [0.29, 0.717) is 32.8 Å². The molecule has 0 aromatic heterocycles. The van der Waals surface area contributed by atoms with Crippen molar-refractivity contribution in [3.8, 4) is 0 Å². The molecule has 2 rings (SSSR count). The third-order valence-electron chi connectivity index (χ3n) is 4.34. The van der Waals surface area contributed by atoms with Crippen molar-refractivity contribution in [2.45, 2.75) is 25.8 Å².